The summed E-state index contributed by atoms with van der Waals surface area (Å²) in [7, 11) is 2.20. The molecule has 4 nitrogen and oxygen atoms in total. The molecule has 1 fully saturated rings. The topological polar surface area (TPSA) is 50.0 Å². The number of piperidine rings is 1. The standard InChI is InChI=1S/C18H22N4/c1-21-9-6-13(7-10-21)16-12-22(19)18-5-4-14(11-15(16)18)17-3-2-8-20-17/h2-5,8,11-13,20H,6-7,9-10,19H2,1H3. The third-order valence-corrected chi connectivity index (χ3v) is 4.93. The Morgan fingerprint density at radius 2 is 2.00 bits per heavy atom. The van der Waals surface area contributed by atoms with E-state index in [2.05, 4.69) is 47.4 Å². The third kappa shape index (κ3) is 2.20. The van der Waals surface area contributed by atoms with Crippen LogP contribution in [0.2, 0.25) is 0 Å². The maximum atomic E-state index is 6.18. The predicted molar refractivity (Wildman–Crippen MR) is 91.3 cm³/mol. The van der Waals surface area contributed by atoms with E-state index in [1.54, 1.807) is 4.68 Å². The van der Waals surface area contributed by atoms with E-state index in [0.29, 0.717) is 5.92 Å². The van der Waals surface area contributed by atoms with Gasteiger partial charge in [0.2, 0.25) is 0 Å². The molecule has 3 heterocycles. The van der Waals surface area contributed by atoms with E-state index >= 15 is 0 Å². The predicted octanol–water partition coefficient (Wildman–Crippen LogP) is 3.16. The van der Waals surface area contributed by atoms with Gasteiger partial charge in [-0.05, 0) is 74.3 Å². The number of hydrogen-bond acceptors (Lipinski definition) is 2. The van der Waals surface area contributed by atoms with E-state index < -0.39 is 0 Å². The van der Waals surface area contributed by atoms with Crippen LogP contribution in [-0.2, 0) is 0 Å². The number of nitrogens with one attached hydrogen (secondary N) is 1. The first-order valence-electron chi connectivity index (χ1n) is 7.95. The van der Waals surface area contributed by atoms with Crippen molar-refractivity contribution in [3.05, 3.63) is 48.3 Å². The van der Waals surface area contributed by atoms with Crippen LogP contribution in [0.25, 0.3) is 22.2 Å². The maximum Gasteiger partial charge on any atom is 0.0693 e. The lowest BCUT2D eigenvalue weighted by molar-refractivity contribution is 0.256. The Balaban J connectivity index is 1.79. The van der Waals surface area contributed by atoms with Gasteiger partial charge in [0.05, 0.1) is 5.52 Å². The smallest absolute Gasteiger partial charge is 0.0693 e. The van der Waals surface area contributed by atoms with Gasteiger partial charge in [-0.25, -0.2) is 0 Å². The average Bonchev–Trinajstić information content (AvgIpc) is 3.17. The highest BCUT2D eigenvalue weighted by Crippen LogP contribution is 2.35. The van der Waals surface area contributed by atoms with Crippen molar-refractivity contribution in [1.82, 2.24) is 14.6 Å². The van der Waals surface area contributed by atoms with Gasteiger partial charge in [0.25, 0.3) is 0 Å². The molecule has 1 aliphatic heterocycles. The summed E-state index contributed by atoms with van der Waals surface area (Å²) in [5.41, 5.74) is 4.89. The fourth-order valence-electron chi connectivity index (χ4n) is 3.60. The Morgan fingerprint density at radius 1 is 1.18 bits per heavy atom. The summed E-state index contributed by atoms with van der Waals surface area (Å²) < 4.78 is 1.78. The van der Waals surface area contributed by atoms with Gasteiger partial charge in [-0.1, -0.05) is 6.07 Å². The summed E-state index contributed by atoms with van der Waals surface area (Å²) in [6, 6.07) is 10.7. The Labute approximate surface area is 130 Å². The zero-order valence-electron chi connectivity index (χ0n) is 12.9. The second-order valence-corrected chi connectivity index (χ2v) is 6.38. The van der Waals surface area contributed by atoms with Crippen LogP contribution >= 0.6 is 0 Å². The molecule has 0 aliphatic carbocycles. The molecule has 0 unspecified atom stereocenters. The molecule has 3 N–H and O–H groups in total. The summed E-state index contributed by atoms with van der Waals surface area (Å²) in [6.45, 7) is 2.33. The molecule has 1 aromatic carbocycles. The number of hydrogen-bond donors (Lipinski definition) is 2. The van der Waals surface area contributed by atoms with Crippen LogP contribution in [0.5, 0.6) is 0 Å². The van der Waals surface area contributed by atoms with Crippen LogP contribution in [-0.4, -0.2) is 34.7 Å². The minimum absolute atomic E-state index is 0.613. The molecule has 0 spiro atoms. The quantitative estimate of drug-likeness (QED) is 0.713. The van der Waals surface area contributed by atoms with Gasteiger partial charge < -0.3 is 15.7 Å². The van der Waals surface area contributed by atoms with E-state index in [0.717, 1.165) is 24.3 Å². The van der Waals surface area contributed by atoms with Crippen molar-refractivity contribution in [2.75, 3.05) is 26.0 Å². The number of nitrogen functional groups attached to an aromatic ring is 1. The first-order chi connectivity index (χ1) is 10.7. The second-order valence-electron chi connectivity index (χ2n) is 6.38. The zero-order valence-corrected chi connectivity index (χ0v) is 12.9. The molecule has 4 heteroatoms. The minimum Gasteiger partial charge on any atom is -0.361 e. The number of nitrogens with two attached hydrogens (primary N) is 1. The first-order valence-corrected chi connectivity index (χ1v) is 7.95. The minimum atomic E-state index is 0.613. The lowest BCUT2D eigenvalue weighted by atomic mass is 9.89. The van der Waals surface area contributed by atoms with Gasteiger partial charge in [0.1, 0.15) is 0 Å². The van der Waals surface area contributed by atoms with E-state index in [4.69, 9.17) is 5.84 Å². The van der Waals surface area contributed by atoms with Crippen molar-refractivity contribution >= 4 is 10.9 Å². The molecule has 22 heavy (non-hydrogen) atoms. The monoisotopic (exact) mass is 294 g/mol. The molecule has 3 aromatic rings. The average molecular weight is 294 g/mol. The van der Waals surface area contributed by atoms with Crippen molar-refractivity contribution in [2.45, 2.75) is 18.8 Å². The van der Waals surface area contributed by atoms with Crippen molar-refractivity contribution in [2.24, 2.45) is 0 Å². The summed E-state index contributed by atoms with van der Waals surface area (Å²) in [4.78, 5) is 5.69. The van der Waals surface area contributed by atoms with Gasteiger partial charge in [-0.3, -0.25) is 4.68 Å². The van der Waals surface area contributed by atoms with E-state index in [1.165, 1.54) is 29.4 Å². The van der Waals surface area contributed by atoms with Crippen LogP contribution in [0.3, 0.4) is 0 Å². The normalized spacial score (nSPS) is 17.3. The maximum absolute atomic E-state index is 6.18. The molecule has 0 atom stereocenters. The molecule has 114 valence electrons. The fraction of sp³-hybridized carbons (Fsp3) is 0.333. The highest BCUT2D eigenvalue weighted by Gasteiger charge is 2.22. The number of fused-ring (bicyclic) bond motifs is 1. The van der Waals surface area contributed by atoms with Crippen LogP contribution in [0.1, 0.15) is 24.3 Å². The molecular formula is C18H22N4. The summed E-state index contributed by atoms with van der Waals surface area (Å²) in [5.74, 6) is 6.79. The summed E-state index contributed by atoms with van der Waals surface area (Å²) in [6.07, 6.45) is 6.51. The van der Waals surface area contributed by atoms with Gasteiger partial charge in [0.15, 0.2) is 0 Å². The Hall–Kier alpha value is -2.20. The van der Waals surface area contributed by atoms with Crippen molar-refractivity contribution in [3.8, 4) is 11.3 Å². The fourth-order valence-corrected chi connectivity index (χ4v) is 3.60. The van der Waals surface area contributed by atoms with Gasteiger partial charge in [-0.2, -0.15) is 0 Å². The summed E-state index contributed by atoms with van der Waals surface area (Å²) >= 11 is 0. The molecule has 0 saturated carbocycles. The van der Waals surface area contributed by atoms with Crippen molar-refractivity contribution in [3.63, 3.8) is 0 Å². The number of rotatable bonds is 2. The molecule has 0 radical (unpaired) electrons. The van der Waals surface area contributed by atoms with Crippen LogP contribution < -0.4 is 5.84 Å². The van der Waals surface area contributed by atoms with Gasteiger partial charge >= 0.3 is 0 Å². The molecule has 1 aliphatic rings. The highest BCUT2D eigenvalue weighted by molar-refractivity contribution is 5.88. The van der Waals surface area contributed by atoms with Crippen LogP contribution in [0.4, 0.5) is 0 Å². The van der Waals surface area contributed by atoms with Crippen molar-refractivity contribution < 1.29 is 0 Å². The molecular weight excluding hydrogens is 272 g/mol. The first kappa shape index (κ1) is 13.5. The molecule has 0 bridgehead atoms. The van der Waals surface area contributed by atoms with E-state index in [-0.39, 0.29) is 0 Å². The zero-order chi connectivity index (χ0) is 15.1. The second kappa shape index (κ2) is 5.21. The lowest BCUT2D eigenvalue weighted by Gasteiger charge is -2.28. The Kier molecular flexibility index (Phi) is 3.19. The molecule has 1 saturated heterocycles. The Bertz CT molecular complexity index is 777. The largest absolute Gasteiger partial charge is 0.361 e. The van der Waals surface area contributed by atoms with Crippen LogP contribution in [0.15, 0.2) is 42.7 Å². The third-order valence-electron chi connectivity index (χ3n) is 4.93. The Morgan fingerprint density at radius 3 is 2.73 bits per heavy atom. The summed E-state index contributed by atoms with van der Waals surface area (Å²) in [5, 5.41) is 1.30. The highest BCUT2D eigenvalue weighted by atomic mass is 15.3. The van der Waals surface area contributed by atoms with E-state index in [1.807, 2.05) is 12.3 Å². The molecule has 4 rings (SSSR count). The van der Waals surface area contributed by atoms with Crippen molar-refractivity contribution in [1.29, 1.82) is 0 Å². The number of nitrogens with zero attached hydrogens (tertiary/aromatic N) is 2. The SMILES string of the molecule is CN1CCC(c2cn(N)c3ccc(-c4ccc[nH]4)cc23)CC1. The van der Waals surface area contributed by atoms with Gasteiger partial charge in [0, 0.05) is 23.5 Å². The van der Waals surface area contributed by atoms with Gasteiger partial charge in [-0.15, -0.1) is 0 Å². The molecule has 0 amide bonds. The number of likely N-dealkylation sites (tertiary alicyclic amines) is 1. The number of benzene rings is 1. The van der Waals surface area contributed by atoms with E-state index in [9.17, 15) is 0 Å². The number of H-pyrrole nitrogens is 1. The van der Waals surface area contributed by atoms with Crippen LogP contribution in [0, 0.1) is 0 Å². The lowest BCUT2D eigenvalue weighted by Crippen LogP contribution is -2.29. The molecule has 2 aromatic heterocycles. The number of aromatic nitrogens is 2. The number of aromatic amines is 1.